The van der Waals surface area contributed by atoms with Crippen molar-refractivity contribution in [3.63, 3.8) is 0 Å². The van der Waals surface area contributed by atoms with Crippen LogP contribution in [-0.4, -0.2) is 19.0 Å². The van der Waals surface area contributed by atoms with Crippen LogP contribution in [0.1, 0.15) is 26.5 Å². The van der Waals surface area contributed by atoms with Gasteiger partial charge in [0.1, 0.15) is 22.1 Å². The summed E-state index contributed by atoms with van der Waals surface area (Å²) in [6.45, 7) is 1.69. The fraction of sp³-hybridized carbons (Fsp3) is 0.0833. The van der Waals surface area contributed by atoms with E-state index in [1.54, 1.807) is 31.2 Å². The number of aryl methyl sites for hydroxylation is 1. The van der Waals surface area contributed by atoms with Crippen LogP contribution in [0.3, 0.4) is 0 Å². The van der Waals surface area contributed by atoms with Gasteiger partial charge in [-0.15, -0.1) is 11.3 Å². The summed E-state index contributed by atoms with van der Waals surface area (Å²) < 4.78 is 10.7. The number of esters is 1. The third-order valence-corrected chi connectivity index (χ3v) is 6.13. The molecule has 1 N–H and O–H groups in total. The molecule has 0 fully saturated rings. The summed E-state index contributed by atoms with van der Waals surface area (Å²) in [5.74, 6) is -0.0507. The number of nitrogens with one attached hydrogen (secondary N) is 1. The van der Waals surface area contributed by atoms with E-state index in [9.17, 15) is 9.59 Å². The summed E-state index contributed by atoms with van der Waals surface area (Å²) in [7, 11) is 1.31. The highest BCUT2D eigenvalue weighted by molar-refractivity contribution is 7.15. The second kappa shape index (κ2) is 9.20. The van der Waals surface area contributed by atoms with Gasteiger partial charge in [0.15, 0.2) is 0 Å². The zero-order chi connectivity index (χ0) is 22.8. The van der Waals surface area contributed by atoms with Gasteiger partial charge in [-0.2, -0.15) is 0 Å². The van der Waals surface area contributed by atoms with Crippen molar-refractivity contribution in [3.05, 3.63) is 86.9 Å². The molecule has 0 aliphatic heterocycles. The van der Waals surface area contributed by atoms with Gasteiger partial charge >= 0.3 is 5.97 Å². The molecule has 2 heterocycles. The van der Waals surface area contributed by atoms with E-state index in [1.807, 2.05) is 35.7 Å². The Morgan fingerprint density at radius 2 is 1.69 bits per heavy atom. The lowest BCUT2D eigenvalue weighted by atomic mass is 10.0. The maximum absolute atomic E-state index is 13.1. The molecule has 4 rings (SSSR count). The number of halogens is 2. The third kappa shape index (κ3) is 4.43. The number of rotatable bonds is 5. The lowest BCUT2D eigenvalue weighted by Gasteiger charge is -2.07. The van der Waals surface area contributed by atoms with Crippen molar-refractivity contribution < 1.29 is 18.7 Å². The number of thiophene rings is 1. The first kappa shape index (κ1) is 22.1. The highest BCUT2D eigenvalue weighted by Crippen LogP contribution is 2.37. The summed E-state index contributed by atoms with van der Waals surface area (Å²) in [4.78, 5) is 25.6. The molecule has 0 saturated heterocycles. The average molecular weight is 486 g/mol. The van der Waals surface area contributed by atoms with Crippen molar-refractivity contribution in [3.8, 4) is 22.5 Å². The van der Waals surface area contributed by atoms with Gasteiger partial charge in [0, 0.05) is 26.6 Å². The maximum Gasteiger partial charge on any atom is 0.341 e. The van der Waals surface area contributed by atoms with E-state index in [4.69, 9.17) is 32.4 Å². The SMILES string of the molecule is COC(=O)c1c(-c2ccccc2)csc1NC(=O)c1cc(-c2cc(Cl)cc(Cl)c2)oc1C. The van der Waals surface area contributed by atoms with Crippen LogP contribution in [0.5, 0.6) is 0 Å². The largest absolute Gasteiger partial charge is 0.465 e. The van der Waals surface area contributed by atoms with Gasteiger partial charge in [0.05, 0.1) is 12.7 Å². The van der Waals surface area contributed by atoms with Crippen LogP contribution in [-0.2, 0) is 4.74 Å². The van der Waals surface area contributed by atoms with Gasteiger partial charge in [-0.05, 0) is 36.8 Å². The molecular weight excluding hydrogens is 469 g/mol. The molecule has 0 spiro atoms. The number of ether oxygens (including phenoxy) is 1. The van der Waals surface area contributed by atoms with E-state index < -0.39 is 11.9 Å². The van der Waals surface area contributed by atoms with E-state index in [1.165, 1.54) is 18.4 Å². The van der Waals surface area contributed by atoms with E-state index in [0.717, 1.165) is 5.56 Å². The first-order valence-corrected chi connectivity index (χ1v) is 11.1. The molecule has 5 nitrogen and oxygen atoms in total. The minimum absolute atomic E-state index is 0.306. The Hall–Kier alpha value is -3.06. The molecule has 32 heavy (non-hydrogen) atoms. The van der Waals surface area contributed by atoms with Gasteiger partial charge < -0.3 is 14.5 Å². The molecule has 0 aliphatic rings. The van der Waals surface area contributed by atoms with Crippen molar-refractivity contribution in [1.29, 1.82) is 0 Å². The number of hydrogen-bond acceptors (Lipinski definition) is 5. The van der Waals surface area contributed by atoms with Crippen LogP contribution in [0.4, 0.5) is 5.00 Å². The fourth-order valence-electron chi connectivity index (χ4n) is 3.30. The third-order valence-electron chi connectivity index (χ3n) is 4.80. The molecule has 0 atom stereocenters. The molecule has 0 aliphatic carbocycles. The van der Waals surface area contributed by atoms with Crippen LogP contribution in [0, 0.1) is 6.92 Å². The van der Waals surface area contributed by atoms with Gasteiger partial charge in [0.25, 0.3) is 5.91 Å². The molecule has 162 valence electrons. The molecule has 1 amide bonds. The zero-order valence-corrected chi connectivity index (χ0v) is 19.4. The van der Waals surface area contributed by atoms with Crippen LogP contribution in [0.2, 0.25) is 10.0 Å². The average Bonchev–Trinajstić information content (AvgIpc) is 3.37. The summed E-state index contributed by atoms with van der Waals surface area (Å²) in [5, 5.41) is 5.96. The minimum Gasteiger partial charge on any atom is -0.465 e. The Bertz CT molecular complexity index is 1290. The van der Waals surface area contributed by atoms with E-state index in [0.29, 0.717) is 48.8 Å². The molecule has 4 aromatic rings. The second-order valence-corrected chi connectivity index (χ2v) is 8.66. The van der Waals surface area contributed by atoms with Crippen LogP contribution >= 0.6 is 34.5 Å². The topological polar surface area (TPSA) is 68.5 Å². The zero-order valence-electron chi connectivity index (χ0n) is 17.1. The lowest BCUT2D eigenvalue weighted by molar-refractivity contribution is 0.0603. The van der Waals surface area contributed by atoms with E-state index >= 15 is 0 Å². The molecule has 2 aromatic heterocycles. The summed E-state index contributed by atoms with van der Waals surface area (Å²) in [6, 6.07) is 16.1. The Morgan fingerprint density at radius 3 is 2.34 bits per heavy atom. The quantitative estimate of drug-likeness (QED) is 0.300. The van der Waals surface area contributed by atoms with Crippen molar-refractivity contribution >= 4 is 51.4 Å². The first-order valence-electron chi connectivity index (χ1n) is 9.51. The van der Waals surface area contributed by atoms with Crippen LogP contribution in [0.15, 0.2) is 64.4 Å². The van der Waals surface area contributed by atoms with Gasteiger partial charge in [0.2, 0.25) is 0 Å². The van der Waals surface area contributed by atoms with Gasteiger partial charge in [-0.3, -0.25) is 4.79 Å². The molecule has 0 bridgehead atoms. The number of benzene rings is 2. The van der Waals surface area contributed by atoms with E-state index in [2.05, 4.69) is 5.32 Å². The fourth-order valence-corrected chi connectivity index (χ4v) is 4.78. The minimum atomic E-state index is -0.529. The van der Waals surface area contributed by atoms with Crippen LogP contribution < -0.4 is 5.32 Å². The molecule has 0 radical (unpaired) electrons. The van der Waals surface area contributed by atoms with E-state index in [-0.39, 0.29) is 0 Å². The summed E-state index contributed by atoms with van der Waals surface area (Å²) in [6.07, 6.45) is 0. The Kier molecular flexibility index (Phi) is 6.37. The number of amides is 1. The normalized spacial score (nSPS) is 10.8. The number of methoxy groups -OCH3 is 1. The Labute approximate surface area is 198 Å². The first-order chi connectivity index (χ1) is 15.4. The van der Waals surface area contributed by atoms with Gasteiger partial charge in [-0.25, -0.2) is 4.79 Å². The van der Waals surface area contributed by atoms with Gasteiger partial charge in [-0.1, -0.05) is 53.5 Å². The number of carbonyl (C=O) groups is 2. The summed E-state index contributed by atoms with van der Waals surface area (Å²) >= 11 is 13.4. The molecular formula is C24H17Cl2NO4S. The number of anilines is 1. The lowest BCUT2D eigenvalue weighted by Crippen LogP contribution is -2.14. The predicted molar refractivity (Wildman–Crippen MR) is 128 cm³/mol. The molecule has 8 heteroatoms. The Balaban J connectivity index is 1.67. The second-order valence-electron chi connectivity index (χ2n) is 6.90. The molecule has 0 saturated carbocycles. The van der Waals surface area contributed by atoms with Crippen molar-refractivity contribution in [2.24, 2.45) is 0 Å². The monoisotopic (exact) mass is 485 g/mol. The van der Waals surface area contributed by atoms with Crippen molar-refractivity contribution in [2.75, 3.05) is 12.4 Å². The maximum atomic E-state index is 13.1. The van der Waals surface area contributed by atoms with Crippen LogP contribution in [0.25, 0.3) is 22.5 Å². The summed E-state index contributed by atoms with van der Waals surface area (Å²) in [5.41, 5.74) is 2.84. The molecule has 0 unspecified atom stereocenters. The Morgan fingerprint density at radius 1 is 1.00 bits per heavy atom. The number of hydrogen-bond donors (Lipinski definition) is 1. The molecule has 2 aromatic carbocycles. The smallest absolute Gasteiger partial charge is 0.341 e. The highest BCUT2D eigenvalue weighted by atomic mass is 35.5. The predicted octanol–water partition coefficient (Wildman–Crippen LogP) is 7.33. The standard InChI is InChI=1S/C24H17Cl2NO4S/c1-13-18(11-20(31-13)15-8-16(25)10-17(26)9-15)22(28)27-23-21(24(29)30-2)19(12-32-23)14-6-4-3-5-7-14/h3-12H,1-2H3,(H,27,28). The number of furan rings is 1. The van der Waals surface area contributed by atoms with Crippen molar-refractivity contribution in [2.45, 2.75) is 6.92 Å². The number of carbonyl (C=O) groups excluding carboxylic acids is 2. The van der Waals surface area contributed by atoms with Crippen molar-refractivity contribution in [1.82, 2.24) is 0 Å². The highest BCUT2D eigenvalue weighted by Gasteiger charge is 2.24.